The second-order valence-electron chi connectivity index (χ2n) is 7.01. The third kappa shape index (κ3) is 5.53. The normalized spacial score (nSPS) is 11.2. The molecular formula is C21H42N3+. The summed E-state index contributed by atoms with van der Waals surface area (Å²) in [5.41, 5.74) is 3.14. The Kier molecular flexibility index (Phi) is 10.1. The summed E-state index contributed by atoms with van der Waals surface area (Å²) in [7, 11) is 0. The van der Waals surface area contributed by atoms with Crippen LogP contribution in [0.4, 0.5) is 11.4 Å². The summed E-state index contributed by atoms with van der Waals surface area (Å²) in [4.78, 5) is 5.31. The third-order valence-electron chi connectivity index (χ3n) is 4.52. The van der Waals surface area contributed by atoms with E-state index in [0.717, 1.165) is 0 Å². The first kappa shape index (κ1) is 21.1. The van der Waals surface area contributed by atoms with Gasteiger partial charge in [0.05, 0.1) is 0 Å². The van der Waals surface area contributed by atoms with E-state index in [9.17, 15) is 0 Å². The molecule has 140 valence electrons. The lowest BCUT2D eigenvalue weighted by Gasteiger charge is -2.22. The van der Waals surface area contributed by atoms with Crippen LogP contribution in [0.25, 0.3) is 0 Å². The molecule has 0 aliphatic carbocycles. The van der Waals surface area contributed by atoms with Gasteiger partial charge in [-0.25, -0.2) is 4.58 Å². The van der Waals surface area contributed by atoms with E-state index < -0.39 is 0 Å². The summed E-state index contributed by atoms with van der Waals surface area (Å²) in [6, 6.07) is 0. The van der Waals surface area contributed by atoms with Crippen LogP contribution >= 0.6 is 0 Å². The van der Waals surface area contributed by atoms with Gasteiger partial charge < -0.3 is 9.80 Å². The average molecular weight is 337 g/mol. The van der Waals surface area contributed by atoms with E-state index >= 15 is 0 Å². The van der Waals surface area contributed by atoms with Gasteiger partial charge in [0.1, 0.15) is 24.5 Å². The molecule has 0 aliphatic rings. The Balaban J connectivity index is 3.29. The summed E-state index contributed by atoms with van der Waals surface area (Å²) in [5.74, 6) is 0. The van der Waals surface area contributed by atoms with Gasteiger partial charge in [0.15, 0.2) is 0 Å². The second-order valence-corrected chi connectivity index (χ2v) is 7.01. The third-order valence-corrected chi connectivity index (χ3v) is 4.52. The van der Waals surface area contributed by atoms with Crippen molar-refractivity contribution >= 4 is 11.4 Å². The van der Waals surface area contributed by atoms with E-state index in [-0.39, 0.29) is 0 Å². The Morgan fingerprint density at radius 3 is 1.12 bits per heavy atom. The molecule has 0 aromatic heterocycles. The van der Waals surface area contributed by atoms with Crippen molar-refractivity contribution < 1.29 is 0 Å². The Morgan fingerprint density at radius 1 is 0.542 bits per heavy atom. The summed E-state index contributed by atoms with van der Waals surface area (Å²) in [6.07, 6.45) is 7.38. The first-order chi connectivity index (χ1) is 11.7. The van der Waals surface area contributed by atoms with E-state index in [1.807, 2.05) is 0 Å². The molecule has 0 saturated heterocycles. The van der Waals surface area contributed by atoms with Crippen LogP contribution in [0.1, 0.15) is 80.1 Å². The van der Waals surface area contributed by atoms with Gasteiger partial charge in [0.25, 0.3) is 5.36 Å². The topological polar surface area (TPSA) is 9.49 Å². The fraction of sp³-hybridized carbons (Fsp3) is 0.857. The van der Waals surface area contributed by atoms with Gasteiger partial charge in [-0.15, -0.1) is 0 Å². The van der Waals surface area contributed by atoms with Crippen molar-refractivity contribution in [1.82, 2.24) is 4.58 Å². The van der Waals surface area contributed by atoms with E-state index in [0.29, 0.717) is 0 Å². The first-order valence-electron chi connectivity index (χ1n) is 10.6. The van der Waals surface area contributed by atoms with Crippen LogP contribution in [0, 0.1) is 0 Å². The average Bonchev–Trinajstić information content (AvgIpc) is 3.29. The summed E-state index contributed by atoms with van der Waals surface area (Å²) in [5, 5.41) is 1.57. The van der Waals surface area contributed by atoms with E-state index in [2.05, 4.69) is 55.9 Å². The fourth-order valence-electron chi connectivity index (χ4n) is 3.68. The molecule has 0 saturated carbocycles. The van der Waals surface area contributed by atoms with Gasteiger partial charge in [-0.1, -0.05) is 41.5 Å². The molecule has 1 aromatic carbocycles. The number of anilines is 2. The zero-order valence-electron chi connectivity index (χ0n) is 17.3. The van der Waals surface area contributed by atoms with Gasteiger partial charge in [-0.05, 0) is 25.7 Å². The van der Waals surface area contributed by atoms with E-state index in [1.165, 1.54) is 77.8 Å². The van der Waals surface area contributed by atoms with Crippen LogP contribution in [0.15, 0.2) is 0 Å². The molecular weight excluding hydrogens is 294 g/mol. The highest BCUT2D eigenvalue weighted by Crippen LogP contribution is 2.33. The number of rotatable bonds is 14. The molecule has 3 heteroatoms. The Hall–Kier alpha value is -0.990. The van der Waals surface area contributed by atoms with E-state index in [4.69, 9.17) is 0 Å². The largest absolute Gasteiger partial charge is 0.364 e. The van der Waals surface area contributed by atoms with Gasteiger partial charge in [0.2, 0.25) is 0 Å². The Bertz CT molecular complexity index is 417. The maximum atomic E-state index is 2.65. The number of hydrogen-bond donors (Lipinski definition) is 0. The Morgan fingerprint density at radius 2 is 0.875 bits per heavy atom. The summed E-state index contributed by atoms with van der Waals surface area (Å²) >= 11 is 0. The standard InChI is InChI=1S/C21H42N3/c1-7-13-22(14-8-2)19-20(23(15-9-3)16-10-4)21(19)24(17-11-5)18-12-6/h7-18H2,1-6H3/q+1. The maximum absolute atomic E-state index is 2.65. The molecule has 0 heterocycles. The van der Waals surface area contributed by atoms with Crippen LogP contribution in [0.2, 0.25) is 0 Å². The van der Waals surface area contributed by atoms with Crippen molar-refractivity contribution in [2.24, 2.45) is 0 Å². The molecule has 0 spiro atoms. The Labute approximate surface area is 151 Å². The minimum absolute atomic E-state index is 1.19. The van der Waals surface area contributed by atoms with Crippen molar-refractivity contribution in [3.05, 3.63) is 5.36 Å². The predicted octanol–water partition coefficient (Wildman–Crippen LogP) is 4.41. The quantitative estimate of drug-likeness (QED) is 0.466. The van der Waals surface area contributed by atoms with Crippen molar-refractivity contribution in [2.45, 2.75) is 80.1 Å². The second kappa shape index (κ2) is 11.5. The molecule has 1 rings (SSSR count). The lowest BCUT2D eigenvalue weighted by molar-refractivity contribution is 0.562. The van der Waals surface area contributed by atoms with Crippen molar-refractivity contribution in [1.29, 1.82) is 0 Å². The minimum atomic E-state index is 1.19. The molecule has 0 N–H and O–H groups in total. The SMILES string of the molecule is CCCN(CCC)c1c(N(CCC)CCC)c1=[N+](CCC)CCC. The first-order valence-corrected chi connectivity index (χ1v) is 10.6. The molecule has 0 aliphatic heterocycles. The monoisotopic (exact) mass is 336 g/mol. The van der Waals surface area contributed by atoms with Gasteiger partial charge in [0, 0.05) is 39.0 Å². The molecule has 0 amide bonds. The van der Waals surface area contributed by atoms with Crippen molar-refractivity contribution in [3.63, 3.8) is 0 Å². The highest BCUT2D eigenvalue weighted by Gasteiger charge is 2.36. The molecule has 0 radical (unpaired) electrons. The lowest BCUT2D eigenvalue weighted by Crippen LogP contribution is -2.31. The van der Waals surface area contributed by atoms with Gasteiger partial charge >= 0.3 is 0 Å². The molecule has 0 bridgehead atoms. The molecule has 0 atom stereocenters. The molecule has 3 nitrogen and oxygen atoms in total. The zero-order chi connectivity index (χ0) is 17.9. The minimum Gasteiger partial charge on any atom is -0.364 e. The fourth-order valence-corrected chi connectivity index (χ4v) is 3.68. The van der Waals surface area contributed by atoms with Crippen LogP contribution < -0.4 is 19.7 Å². The molecule has 1 aromatic rings. The molecule has 0 fully saturated rings. The van der Waals surface area contributed by atoms with E-state index in [1.54, 1.807) is 16.7 Å². The summed E-state index contributed by atoms with van der Waals surface area (Å²) < 4.78 is 2.65. The van der Waals surface area contributed by atoms with Crippen molar-refractivity contribution in [2.75, 3.05) is 49.1 Å². The van der Waals surface area contributed by atoms with Crippen LogP contribution in [0.3, 0.4) is 0 Å². The highest BCUT2D eigenvalue weighted by molar-refractivity contribution is 5.85. The van der Waals surface area contributed by atoms with Gasteiger partial charge in [-0.3, -0.25) is 0 Å². The zero-order valence-corrected chi connectivity index (χ0v) is 17.3. The van der Waals surface area contributed by atoms with Crippen molar-refractivity contribution in [3.8, 4) is 0 Å². The number of nitrogens with zero attached hydrogens (tertiary/aromatic N) is 3. The maximum Gasteiger partial charge on any atom is 0.252 e. The van der Waals surface area contributed by atoms with Crippen LogP contribution in [-0.4, -0.2) is 39.3 Å². The van der Waals surface area contributed by atoms with Crippen LogP contribution in [-0.2, 0) is 0 Å². The van der Waals surface area contributed by atoms with Gasteiger partial charge in [-0.2, -0.15) is 0 Å². The highest BCUT2D eigenvalue weighted by atomic mass is 15.3. The lowest BCUT2D eigenvalue weighted by atomic mass is 10.3. The smallest absolute Gasteiger partial charge is 0.252 e. The van der Waals surface area contributed by atoms with Crippen LogP contribution in [0.5, 0.6) is 0 Å². The molecule has 0 unspecified atom stereocenters. The summed E-state index contributed by atoms with van der Waals surface area (Å²) in [6.45, 7) is 20.9. The predicted molar refractivity (Wildman–Crippen MR) is 110 cm³/mol. The number of hydrogen-bond acceptors (Lipinski definition) is 2. The molecule has 24 heavy (non-hydrogen) atoms.